The zero-order valence-corrected chi connectivity index (χ0v) is 23.5. The third-order valence-corrected chi connectivity index (χ3v) is 6.49. The second-order valence-corrected chi connectivity index (χ2v) is 9.10. The minimum atomic E-state index is -0.836. The number of hydrogen-bond donors (Lipinski definition) is 3. The zero-order valence-electron chi connectivity index (χ0n) is 20.3. The van der Waals surface area contributed by atoms with Crippen LogP contribution >= 0.6 is 11.3 Å². The Balaban J connectivity index is 0.00000117. The van der Waals surface area contributed by atoms with Crippen LogP contribution in [-0.4, -0.2) is 44.2 Å². The number of rotatable bonds is 5. The van der Waals surface area contributed by atoms with E-state index in [1.165, 1.54) is 18.3 Å². The molecular weight excluding hydrogens is 667 g/mol. The van der Waals surface area contributed by atoms with Gasteiger partial charge in [-0.1, -0.05) is 13.8 Å². The molecule has 0 amide bonds. The molecule has 1 aromatic carbocycles. The minimum Gasteiger partial charge on any atom is -0.493 e. The largest absolute Gasteiger partial charge is 0.493 e. The van der Waals surface area contributed by atoms with E-state index in [0.29, 0.717) is 27.9 Å². The summed E-state index contributed by atoms with van der Waals surface area (Å²) in [6.07, 6.45) is -0.836. The number of nitrogens with zero attached hydrogens (tertiary/aromatic N) is 3. The van der Waals surface area contributed by atoms with Crippen molar-refractivity contribution in [3.05, 3.63) is 47.0 Å². The fourth-order valence-corrected chi connectivity index (χ4v) is 5.04. The first kappa shape index (κ1) is 28.1. The molecule has 4 heterocycles. The van der Waals surface area contributed by atoms with Gasteiger partial charge in [0.1, 0.15) is 35.4 Å². The van der Waals surface area contributed by atoms with Crippen LogP contribution in [0.4, 0.5) is 8.78 Å². The molecule has 2 unspecified atom stereocenters. The third-order valence-electron chi connectivity index (χ3n) is 5.56. The summed E-state index contributed by atoms with van der Waals surface area (Å²) in [6, 6.07) is 5.52. The van der Waals surface area contributed by atoms with Crippen LogP contribution in [-0.2, 0) is 26.7 Å². The fourth-order valence-electron chi connectivity index (χ4n) is 4.10. The van der Waals surface area contributed by atoms with Crippen molar-refractivity contribution in [3.8, 4) is 34.1 Å². The van der Waals surface area contributed by atoms with Gasteiger partial charge in [-0.15, -0.1) is 11.3 Å². The first-order valence-electron chi connectivity index (χ1n) is 11.5. The Morgan fingerprint density at radius 3 is 2.69 bits per heavy atom. The molecule has 0 spiro atoms. The summed E-state index contributed by atoms with van der Waals surface area (Å²) in [6.45, 7) is 8.78. The van der Waals surface area contributed by atoms with Crippen LogP contribution in [0.15, 0.2) is 29.6 Å². The Morgan fingerprint density at radius 2 is 2.00 bits per heavy atom. The van der Waals surface area contributed by atoms with Gasteiger partial charge in [-0.25, -0.2) is 13.8 Å². The van der Waals surface area contributed by atoms with Crippen LogP contribution in [0.25, 0.3) is 32.6 Å². The summed E-state index contributed by atoms with van der Waals surface area (Å²) in [5.41, 5.74) is 2.03. The molecule has 195 valence electrons. The van der Waals surface area contributed by atoms with Gasteiger partial charge in [0, 0.05) is 55.6 Å². The Kier molecular flexibility index (Phi) is 9.18. The number of halogens is 2. The van der Waals surface area contributed by atoms with Gasteiger partial charge in [-0.05, 0) is 31.4 Å². The Bertz CT molecular complexity index is 1360. The number of nitrogens with one attached hydrogen (secondary N) is 1. The molecule has 4 aromatic rings. The van der Waals surface area contributed by atoms with Gasteiger partial charge in [-0.3, -0.25) is 4.68 Å². The van der Waals surface area contributed by atoms with E-state index < -0.39 is 17.7 Å². The molecule has 3 N–H and O–H groups in total. The fraction of sp³-hybridized carbons (Fsp3) is 0.360. The van der Waals surface area contributed by atoms with Crippen molar-refractivity contribution in [2.45, 2.75) is 46.4 Å². The van der Waals surface area contributed by atoms with Crippen molar-refractivity contribution in [1.82, 2.24) is 20.1 Å². The van der Waals surface area contributed by atoms with Gasteiger partial charge in [0.05, 0.1) is 28.8 Å². The molecule has 36 heavy (non-hydrogen) atoms. The molecule has 7 nitrogen and oxygen atoms in total. The minimum absolute atomic E-state index is 0. The number of aliphatic hydroxyl groups is 1. The molecule has 0 saturated heterocycles. The van der Waals surface area contributed by atoms with Gasteiger partial charge >= 0.3 is 0 Å². The van der Waals surface area contributed by atoms with Crippen molar-refractivity contribution in [3.63, 3.8) is 0 Å². The summed E-state index contributed by atoms with van der Waals surface area (Å²) in [5.74, 6) is -1.89. The maximum absolute atomic E-state index is 15.3. The number of aromatic hydroxyl groups is 1. The smallest absolute Gasteiger partial charge is 0.220 e. The van der Waals surface area contributed by atoms with Crippen molar-refractivity contribution >= 4 is 21.4 Å². The summed E-state index contributed by atoms with van der Waals surface area (Å²) in [7, 11) is 0. The summed E-state index contributed by atoms with van der Waals surface area (Å²) >= 11 is 1.30. The Labute approximate surface area is 225 Å². The maximum Gasteiger partial charge on any atom is 0.220 e. The zero-order chi connectivity index (χ0) is 25.3. The van der Waals surface area contributed by atoms with E-state index in [9.17, 15) is 14.6 Å². The van der Waals surface area contributed by atoms with Gasteiger partial charge in [0.25, 0.3) is 0 Å². The van der Waals surface area contributed by atoms with Crippen LogP contribution in [0, 0.1) is 11.6 Å². The van der Waals surface area contributed by atoms with Gasteiger partial charge in [0.2, 0.25) is 5.88 Å². The number of fused-ring (bicyclic) bond motifs is 2. The van der Waals surface area contributed by atoms with Crippen LogP contribution in [0.2, 0.25) is 0 Å². The van der Waals surface area contributed by atoms with E-state index in [1.54, 1.807) is 11.4 Å². The number of pyridine rings is 1. The van der Waals surface area contributed by atoms with Crippen molar-refractivity contribution in [2.24, 2.45) is 0 Å². The van der Waals surface area contributed by atoms with Gasteiger partial charge in [-0.2, -0.15) is 5.10 Å². The molecule has 2 atom stereocenters. The Hall–Kier alpha value is -2.43. The molecule has 1 aliphatic rings. The van der Waals surface area contributed by atoms with Gasteiger partial charge in [0.15, 0.2) is 0 Å². The molecule has 1 aliphatic heterocycles. The SMILES string of the molecule is CC.CC(O)COc1cc(F)cc(F)c1-c1c(-c2cc3n(n2)C(C)CNC3)nc(O)c2ccsc12.[Ir]. The second-order valence-electron chi connectivity index (χ2n) is 8.19. The number of hydrogen-bond acceptors (Lipinski definition) is 7. The molecule has 11 heteroatoms. The standard InChI is InChI=1S/C23H22F2N4O3S.C2H6.Ir/c1-11-8-26-9-14-7-17(28-29(11)14)21-20(22-15(3-4-33-22)23(31)27-21)19-16(25)5-13(24)6-18(19)32-10-12(2)30;1-2;/h3-7,11-12,26,30H,8-10H2,1-2H3,(H,27,31);1-2H3;. The van der Waals surface area contributed by atoms with E-state index in [4.69, 9.17) is 9.84 Å². The molecule has 0 saturated carbocycles. The van der Waals surface area contributed by atoms with Crippen LogP contribution < -0.4 is 10.1 Å². The molecule has 0 aliphatic carbocycles. The molecule has 5 rings (SSSR count). The number of aromatic nitrogens is 3. The van der Waals surface area contributed by atoms with Gasteiger partial charge < -0.3 is 20.3 Å². The quantitative estimate of drug-likeness (QED) is 0.264. The van der Waals surface area contributed by atoms with Crippen molar-refractivity contribution in [1.29, 1.82) is 0 Å². The average Bonchev–Trinajstić information content (AvgIpc) is 3.48. The average molecular weight is 695 g/mol. The Morgan fingerprint density at radius 1 is 1.25 bits per heavy atom. The molecule has 0 fully saturated rings. The second kappa shape index (κ2) is 11.7. The molecular formula is C25H28F2IrN4O3S. The molecule has 3 aromatic heterocycles. The van der Waals surface area contributed by atoms with E-state index in [0.717, 1.165) is 24.4 Å². The van der Waals surface area contributed by atoms with Crippen LogP contribution in [0.3, 0.4) is 0 Å². The van der Waals surface area contributed by atoms with E-state index in [1.807, 2.05) is 31.5 Å². The molecule has 1 radical (unpaired) electrons. The number of thiophene rings is 1. The predicted molar refractivity (Wildman–Crippen MR) is 133 cm³/mol. The first-order valence-corrected chi connectivity index (χ1v) is 12.4. The monoisotopic (exact) mass is 695 g/mol. The summed E-state index contributed by atoms with van der Waals surface area (Å²) in [5, 5.41) is 30.5. The van der Waals surface area contributed by atoms with E-state index in [-0.39, 0.29) is 55.6 Å². The first-order chi connectivity index (χ1) is 16.8. The topological polar surface area (TPSA) is 92.4 Å². The predicted octanol–water partition coefficient (Wildman–Crippen LogP) is 5.26. The molecule has 0 bridgehead atoms. The van der Waals surface area contributed by atoms with Crippen LogP contribution in [0.5, 0.6) is 11.6 Å². The van der Waals surface area contributed by atoms with Crippen molar-refractivity contribution in [2.75, 3.05) is 13.2 Å². The number of ether oxygens (including phenoxy) is 1. The van der Waals surface area contributed by atoms with Crippen LogP contribution in [0.1, 0.15) is 39.4 Å². The van der Waals surface area contributed by atoms with Crippen molar-refractivity contribution < 1.29 is 43.8 Å². The number of benzene rings is 1. The third kappa shape index (κ3) is 5.31. The maximum atomic E-state index is 15.3. The summed E-state index contributed by atoms with van der Waals surface area (Å²) in [4.78, 5) is 4.39. The summed E-state index contributed by atoms with van der Waals surface area (Å²) < 4.78 is 37.5. The van der Waals surface area contributed by atoms with E-state index in [2.05, 4.69) is 10.3 Å². The normalized spacial score (nSPS) is 15.5. The van der Waals surface area contributed by atoms with E-state index >= 15 is 4.39 Å². The number of aliphatic hydroxyl groups excluding tert-OH is 1.